The van der Waals surface area contributed by atoms with Gasteiger partial charge in [0.2, 0.25) is 5.91 Å². The van der Waals surface area contributed by atoms with Gasteiger partial charge in [-0.05, 0) is 48.0 Å². The lowest BCUT2D eigenvalue weighted by molar-refractivity contribution is -0.120. The standard InChI is InChI=1S/C27H30Cl2N6OS/c1-2-3-11-33-27(37)34(18-22-5-4-6-24(28)26(22)29)13-12-32-25(36)14-23-16-31-19-35(23)17-21-9-7-20(15-30)8-10-21/h4-10,16,19H,2-3,11-14,17-18H2,1H3,(H,32,36)(H,33,37). The first kappa shape index (κ1) is 28.5. The highest BCUT2D eigenvalue weighted by atomic mass is 35.5. The van der Waals surface area contributed by atoms with Crippen molar-refractivity contribution in [3.05, 3.63) is 87.4 Å². The second kappa shape index (κ2) is 14.6. The van der Waals surface area contributed by atoms with Gasteiger partial charge in [0.05, 0.1) is 34.4 Å². The number of nitriles is 1. The zero-order valence-corrected chi connectivity index (χ0v) is 23.0. The van der Waals surface area contributed by atoms with Gasteiger partial charge in [0.1, 0.15) is 0 Å². The predicted octanol–water partition coefficient (Wildman–Crippen LogP) is 4.95. The first-order valence-corrected chi connectivity index (χ1v) is 13.3. The van der Waals surface area contributed by atoms with Crippen LogP contribution in [0.15, 0.2) is 55.0 Å². The summed E-state index contributed by atoms with van der Waals surface area (Å²) in [6.45, 7) is 4.88. The molecule has 0 saturated carbocycles. The molecule has 2 N–H and O–H groups in total. The molecule has 1 heterocycles. The molecule has 2 aromatic carbocycles. The highest BCUT2D eigenvalue weighted by Gasteiger charge is 2.15. The topological polar surface area (TPSA) is 86.0 Å². The monoisotopic (exact) mass is 556 g/mol. The third-order valence-corrected chi connectivity index (χ3v) is 7.03. The van der Waals surface area contributed by atoms with Gasteiger partial charge in [-0.3, -0.25) is 4.79 Å². The summed E-state index contributed by atoms with van der Waals surface area (Å²) in [5, 5.41) is 16.9. The number of nitrogens with zero attached hydrogens (tertiary/aromatic N) is 4. The fraction of sp³-hybridized carbons (Fsp3) is 0.333. The molecule has 10 heteroatoms. The van der Waals surface area contributed by atoms with Crippen LogP contribution >= 0.6 is 35.4 Å². The van der Waals surface area contributed by atoms with E-state index in [1.807, 2.05) is 33.7 Å². The lowest BCUT2D eigenvalue weighted by atomic mass is 10.1. The van der Waals surface area contributed by atoms with E-state index in [1.165, 1.54) is 0 Å². The van der Waals surface area contributed by atoms with Crippen molar-refractivity contribution in [1.29, 1.82) is 5.26 Å². The van der Waals surface area contributed by atoms with Crippen LogP contribution in [0.5, 0.6) is 0 Å². The van der Waals surface area contributed by atoms with Crippen molar-refractivity contribution in [2.75, 3.05) is 19.6 Å². The molecule has 0 radical (unpaired) electrons. The first-order chi connectivity index (χ1) is 17.9. The van der Waals surface area contributed by atoms with Crippen LogP contribution in [0.3, 0.4) is 0 Å². The highest BCUT2D eigenvalue weighted by Crippen LogP contribution is 2.26. The fourth-order valence-corrected chi connectivity index (χ4v) is 4.33. The van der Waals surface area contributed by atoms with Crippen LogP contribution < -0.4 is 10.6 Å². The third kappa shape index (κ3) is 8.74. The summed E-state index contributed by atoms with van der Waals surface area (Å²) in [6.07, 6.45) is 5.68. The van der Waals surface area contributed by atoms with Gasteiger partial charge in [-0.1, -0.05) is 60.8 Å². The molecule has 0 spiro atoms. The molecular weight excluding hydrogens is 527 g/mol. The second-order valence-corrected chi connectivity index (χ2v) is 9.74. The lowest BCUT2D eigenvalue weighted by Crippen LogP contribution is -2.44. The second-order valence-electron chi connectivity index (χ2n) is 8.57. The number of hydrogen-bond acceptors (Lipinski definition) is 4. The summed E-state index contributed by atoms with van der Waals surface area (Å²) in [5.74, 6) is -0.104. The van der Waals surface area contributed by atoms with Crippen LogP contribution in [0.4, 0.5) is 0 Å². The summed E-state index contributed by atoms with van der Waals surface area (Å²) in [4.78, 5) is 18.9. The van der Waals surface area contributed by atoms with Crippen LogP contribution in [0.25, 0.3) is 0 Å². The number of imidazole rings is 1. The Hall–Kier alpha value is -3.12. The molecular formula is C27H30Cl2N6OS. The van der Waals surface area contributed by atoms with Crippen LogP contribution in [-0.4, -0.2) is 45.1 Å². The molecule has 7 nitrogen and oxygen atoms in total. The van der Waals surface area contributed by atoms with Gasteiger partial charge in [-0.15, -0.1) is 0 Å². The smallest absolute Gasteiger partial charge is 0.226 e. The van der Waals surface area contributed by atoms with E-state index >= 15 is 0 Å². The molecule has 0 unspecified atom stereocenters. The minimum Gasteiger partial charge on any atom is -0.363 e. The van der Waals surface area contributed by atoms with Gasteiger partial charge in [0, 0.05) is 44.6 Å². The Labute approximate surface area is 233 Å². The molecule has 0 bridgehead atoms. The highest BCUT2D eigenvalue weighted by molar-refractivity contribution is 7.80. The maximum Gasteiger partial charge on any atom is 0.226 e. The Morgan fingerprint density at radius 1 is 1.16 bits per heavy atom. The van der Waals surface area contributed by atoms with Crippen molar-refractivity contribution in [2.45, 2.75) is 39.3 Å². The molecule has 3 rings (SSSR count). The Balaban J connectivity index is 1.56. The van der Waals surface area contributed by atoms with Gasteiger partial charge in [-0.2, -0.15) is 5.26 Å². The van der Waals surface area contributed by atoms with E-state index in [2.05, 4.69) is 28.6 Å². The largest absolute Gasteiger partial charge is 0.363 e. The number of rotatable bonds is 12. The summed E-state index contributed by atoms with van der Waals surface area (Å²) >= 11 is 18.2. The van der Waals surface area contributed by atoms with Crippen molar-refractivity contribution >= 4 is 46.4 Å². The molecule has 1 aromatic heterocycles. The number of carbonyl (C=O) groups excluding carboxylic acids is 1. The Morgan fingerprint density at radius 2 is 1.95 bits per heavy atom. The van der Waals surface area contributed by atoms with Crippen LogP contribution in [-0.2, 0) is 24.3 Å². The fourth-order valence-electron chi connectivity index (χ4n) is 3.69. The van der Waals surface area contributed by atoms with E-state index in [0.29, 0.717) is 46.9 Å². The maximum absolute atomic E-state index is 12.7. The predicted molar refractivity (Wildman–Crippen MR) is 152 cm³/mol. The number of unbranched alkanes of at least 4 members (excludes halogenated alkanes) is 1. The summed E-state index contributed by atoms with van der Waals surface area (Å²) in [5.41, 5.74) is 3.31. The molecule has 1 amide bonds. The number of halogens is 2. The molecule has 0 saturated heterocycles. The van der Waals surface area contributed by atoms with Gasteiger partial charge in [-0.25, -0.2) is 4.98 Å². The number of aromatic nitrogens is 2. The van der Waals surface area contributed by atoms with E-state index in [0.717, 1.165) is 36.2 Å². The number of carbonyl (C=O) groups is 1. The van der Waals surface area contributed by atoms with Gasteiger partial charge < -0.3 is 20.1 Å². The zero-order chi connectivity index (χ0) is 26.6. The van der Waals surface area contributed by atoms with Crippen LogP contribution in [0, 0.1) is 11.3 Å². The first-order valence-electron chi connectivity index (χ1n) is 12.1. The van der Waals surface area contributed by atoms with E-state index in [1.54, 1.807) is 30.7 Å². The van der Waals surface area contributed by atoms with E-state index in [-0.39, 0.29) is 12.3 Å². The molecule has 0 fully saturated rings. The van der Waals surface area contributed by atoms with Crippen molar-refractivity contribution in [1.82, 2.24) is 25.1 Å². The summed E-state index contributed by atoms with van der Waals surface area (Å²) < 4.78 is 1.93. The molecule has 3 aromatic rings. The molecule has 0 aliphatic carbocycles. The zero-order valence-electron chi connectivity index (χ0n) is 20.7. The molecule has 0 atom stereocenters. The normalized spacial score (nSPS) is 10.5. The van der Waals surface area contributed by atoms with Crippen molar-refractivity contribution in [3.8, 4) is 6.07 Å². The van der Waals surface area contributed by atoms with Crippen molar-refractivity contribution in [2.24, 2.45) is 0 Å². The lowest BCUT2D eigenvalue weighted by Gasteiger charge is -2.27. The SMILES string of the molecule is CCCCNC(=S)N(CCNC(=O)Cc1cncn1Cc1ccc(C#N)cc1)Cc1cccc(Cl)c1Cl. The average molecular weight is 558 g/mol. The minimum absolute atomic E-state index is 0.104. The van der Waals surface area contributed by atoms with Crippen LogP contribution in [0.2, 0.25) is 10.0 Å². The molecule has 0 aliphatic heterocycles. The quantitative estimate of drug-likeness (QED) is 0.242. The summed E-state index contributed by atoms with van der Waals surface area (Å²) in [6, 6.07) is 15.0. The van der Waals surface area contributed by atoms with Gasteiger partial charge in [0.25, 0.3) is 0 Å². The number of nitrogens with one attached hydrogen (secondary N) is 2. The van der Waals surface area contributed by atoms with Crippen molar-refractivity contribution in [3.63, 3.8) is 0 Å². The van der Waals surface area contributed by atoms with Crippen molar-refractivity contribution < 1.29 is 4.79 Å². The Kier molecular flexibility index (Phi) is 11.2. The van der Waals surface area contributed by atoms with Crippen LogP contribution in [0.1, 0.15) is 42.1 Å². The average Bonchev–Trinajstić information content (AvgIpc) is 3.32. The van der Waals surface area contributed by atoms with Gasteiger partial charge in [0.15, 0.2) is 5.11 Å². The number of amides is 1. The number of thiocarbonyl (C=S) groups is 1. The molecule has 0 aliphatic rings. The minimum atomic E-state index is -0.104. The number of benzene rings is 2. The molecule has 194 valence electrons. The maximum atomic E-state index is 12.7. The summed E-state index contributed by atoms with van der Waals surface area (Å²) in [7, 11) is 0. The van der Waals surface area contributed by atoms with Gasteiger partial charge >= 0.3 is 0 Å². The number of hydrogen-bond donors (Lipinski definition) is 2. The Bertz CT molecular complexity index is 1240. The molecule has 37 heavy (non-hydrogen) atoms. The third-order valence-electron chi connectivity index (χ3n) is 5.77. The van der Waals surface area contributed by atoms with E-state index in [9.17, 15) is 4.79 Å². The van der Waals surface area contributed by atoms with E-state index in [4.69, 9.17) is 40.7 Å². The van der Waals surface area contributed by atoms with E-state index < -0.39 is 0 Å². The Morgan fingerprint density at radius 3 is 2.68 bits per heavy atom.